The predicted molar refractivity (Wildman–Crippen MR) is 93.5 cm³/mol. The predicted octanol–water partition coefficient (Wildman–Crippen LogP) is 6.20. The van der Waals surface area contributed by atoms with E-state index in [-0.39, 0.29) is 0 Å². The molecule has 0 fully saturated rings. The van der Waals surface area contributed by atoms with E-state index in [9.17, 15) is 0 Å². The maximum absolute atomic E-state index is 5.68. The van der Waals surface area contributed by atoms with Crippen LogP contribution < -0.4 is 0 Å². The number of hydrogen-bond donors (Lipinski definition) is 0. The van der Waals surface area contributed by atoms with Crippen LogP contribution in [0.5, 0.6) is 0 Å². The van der Waals surface area contributed by atoms with Crippen molar-refractivity contribution in [2.45, 2.75) is 6.92 Å². The fraction of sp³-hybridized carbons (Fsp3) is 0.0476. The summed E-state index contributed by atoms with van der Waals surface area (Å²) in [6, 6.07) is 21.9. The van der Waals surface area contributed by atoms with E-state index in [1.54, 1.807) is 6.26 Å². The van der Waals surface area contributed by atoms with Gasteiger partial charge in [0.15, 0.2) is 0 Å². The molecule has 1 heteroatoms. The molecule has 104 valence electrons. The van der Waals surface area contributed by atoms with Crippen molar-refractivity contribution in [2.24, 2.45) is 0 Å². The van der Waals surface area contributed by atoms with Crippen LogP contribution in [0.15, 0.2) is 71.3 Å². The molecule has 0 saturated heterocycles. The molecule has 1 aromatic heterocycles. The van der Waals surface area contributed by atoms with Gasteiger partial charge in [0.1, 0.15) is 5.58 Å². The van der Waals surface area contributed by atoms with Gasteiger partial charge in [-0.1, -0.05) is 42.0 Å². The molecule has 0 radical (unpaired) electrons. The smallest absolute Gasteiger partial charge is 0.141 e. The molecule has 0 spiro atoms. The molecule has 0 aliphatic rings. The molecule has 0 bridgehead atoms. The molecule has 0 aliphatic carbocycles. The quantitative estimate of drug-likeness (QED) is 0.243. The van der Waals surface area contributed by atoms with Gasteiger partial charge in [0.25, 0.3) is 0 Å². The molecule has 5 aromatic rings. The minimum Gasteiger partial charge on any atom is -0.464 e. The average Bonchev–Trinajstić information content (AvgIpc) is 3.01. The van der Waals surface area contributed by atoms with E-state index >= 15 is 0 Å². The van der Waals surface area contributed by atoms with Crippen LogP contribution in [-0.4, -0.2) is 0 Å². The summed E-state index contributed by atoms with van der Waals surface area (Å²) in [5.74, 6) is 0. The second-order valence-corrected chi connectivity index (χ2v) is 5.99. The fourth-order valence-corrected chi connectivity index (χ4v) is 3.43. The van der Waals surface area contributed by atoms with Gasteiger partial charge in [-0.05, 0) is 58.1 Å². The maximum atomic E-state index is 5.68. The number of rotatable bonds is 0. The van der Waals surface area contributed by atoms with Gasteiger partial charge in [0.2, 0.25) is 0 Å². The first-order chi connectivity index (χ1) is 10.8. The highest BCUT2D eigenvalue weighted by atomic mass is 16.3. The minimum absolute atomic E-state index is 0.975. The van der Waals surface area contributed by atoms with Crippen molar-refractivity contribution < 1.29 is 4.42 Å². The van der Waals surface area contributed by atoms with E-state index in [0.29, 0.717) is 0 Å². The molecule has 4 aromatic carbocycles. The largest absolute Gasteiger partial charge is 0.464 e. The second kappa shape index (κ2) is 4.11. The van der Waals surface area contributed by atoms with E-state index in [4.69, 9.17) is 4.42 Å². The van der Waals surface area contributed by atoms with Gasteiger partial charge < -0.3 is 4.42 Å². The van der Waals surface area contributed by atoms with E-state index in [1.807, 2.05) is 6.07 Å². The van der Waals surface area contributed by atoms with Crippen molar-refractivity contribution in [3.05, 3.63) is 72.5 Å². The summed E-state index contributed by atoms with van der Waals surface area (Å²) < 4.78 is 5.68. The number of furan rings is 1. The van der Waals surface area contributed by atoms with Crippen LogP contribution in [0, 0.1) is 6.92 Å². The zero-order chi connectivity index (χ0) is 14.7. The van der Waals surface area contributed by atoms with Crippen molar-refractivity contribution in [1.29, 1.82) is 0 Å². The maximum Gasteiger partial charge on any atom is 0.141 e. The zero-order valence-electron chi connectivity index (χ0n) is 12.3. The summed E-state index contributed by atoms with van der Waals surface area (Å²) in [5.41, 5.74) is 2.27. The molecule has 0 aliphatic heterocycles. The lowest BCUT2D eigenvalue weighted by molar-refractivity contribution is 0.619. The third-order valence-corrected chi connectivity index (χ3v) is 4.54. The van der Waals surface area contributed by atoms with Crippen LogP contribution in [-0.2, 0) is 0 Å². The van der Waals surface area contributed by atoms with Gasteiger partial charge in [0.05, 0.1) is 6.26 Å². The first-order valence-corrected chi connectivity index (χ1v) is 7.53. The highest BCUT2D eigenvalue weighted by molar-refractivity contribution is 6.17. The van der Waals surface area contributed by atoms with E-state index in [1.165, 1.54) is 37.9 Å². The van der Waals surface area contributed by atoms with Gasteiger partial charge in [-0.2, -0.15) is 0 Å². The van der Waals surface area contributed by atoms with Crippen molar-refractivity contribution in [2.75, 3.05) is 0 Å². The minimum atomic E-state index is 0.975. The first kappa shape index (κ1) is 11.8. The highest BCUT2D eigenvalue weighted by Crippen LogP contribution is 2.33. The monoisotopic (exact) mass is 282 g/mol. The first-order valence-electron chi connectivity index (χ1n) is 7.53. The Hall–Kier alpha value is -2.80. The van der Waals surface area contributed by atoms with E-state index in [2.05, 4.69) is 61.5 Å². The normalized spacial score (nSPS) is 11.9. The van der Waals surface area contributed by atoms with Crippen LogP contribution in [0.2, 0.25) is 0 Å². The Morgan fingerprint density at radius 1 is 0.591 bits per heavy atom. The molecule has 0 unspecified atom stereocenters. The zero-order valence-corrected chi connectivity index (χ0v) is 12.3. The lowest BCUT2D eigenvalue weighted by Crippen LogP contribution is -1.81. The molecular formula is C21H14O. The number of benzene rings is 4. The Bertz CT molecular complexity index is 1180. The van der Waals surface area contributed by atoms with Crippen LogP contribution >= 0.6 is 0 Å². The fourth-order valence-electron chi connectivity index (χ4n) is 3.43. The number of hydrogen-bond acceptors (Lipinski definition) is 1. The Morgan fingerprint density at radius 3 is 2.36 bits per heavy atom. The van der Waals surface area contributed by atoms with Crippen molar-refractivity contribution >= 4 is 43.3 Å². The number of aryl methyl sites for hydroxylation is 1. The van der Waals surface area contributed by atoms with Gasteiger partial charge in [0, 0.05) is 10.8 Å². The summed E-state index contributed by atoms with van der Waals surface area (Å²) in [6.07, 6.45) is 1.76. The van der Waals surface area contributed by atoms with Crippen molar-refractivity contribution in [3.8, 4) is 0 Å². The summed E-state index contributed by atoms with van der Waals surface area (Å²) in [6.45, 7) is 2.14. The molecule has 1 nitrogen and oxygen atoms in total. The number of fused-ring (bicyclic) bond motifs is 6. The molecule has 5 rings (SSSR count). The Morgan fingerprint density at radius 2 is 1.41 bits per heavy atom. The summed E-state index contributed by atoms with van der Waals surface area (Å²) >= 11 is 0. The van der Waals surface area contributed by atoms with Crippen LogP contribution in [0.4, 0.5) is 0 Å². The second-order valence-electron chi connectivity index (χ2n) is 5.99. The lowest BCUT2D eigenvalue weighted by Gasteiger charge is -2.07. The third-order valence-electron chi connectivity index (χ3n) is 4.54. The molecule has 1 heterocycles. The Balaban J connectivity index is 2.00. The summed E-state index contributed by atoms with van der Waals surface area (Å²) in [5, 5.41) is 8.73. The molecular weight excluding hydrogens is 268 g/mol. The third kappa shape index (κ3) is 1.54. The SMILES string of the molecule is Cc1ccc2cc3c(ccc4c3ccc3ccoc34)cc2c1. The summed E-state index contributed by atoms with van der Waals surface area (Å²) in [7, 11) is 0. The van der Waals surface area contributed by atoms with Crippen LogP contribution in [0.3, 0.4) is 0 Å². The molecule has 0 amide bonds. The standard InChI is InChI=1S/C21H14O/c1-13-2-3-15-12-20-16(11-17(15)10-13)5-7-19-18(20)6-4-14-8-9-22-21(14)19/h2-12H,1H3. The summed E-state index contributed by atoms with van der Waals surface area (Å²) in [4.78, 5) is 0. The van der Waals surface area contributed by atoms with Crippen molar-refractivity contribution in [3.63, 3.8) is 0 Å². The van der Waals surface area contributed by atoms with E-state index < -0.39 is 0 Å². The van der Waals surface area contributed by atoms with Gasteiger partial charge in [-0.25, -0.2) is 0 Å². The van der Waals surface area contributed by atoms with Gasteiger partial charge in [-0.3, -0.25) is 0 Å². The molecule has 22 heavy (non-hydrogen) atoms. The highest BCUT2D eigenvalue weighted by Gasteiger charge is 2.07. The molecule has 0 N–H and O–H groups in total. The van der Waals surface area contributed by atoms with E-state index in [0.717, 1.165) is 11.0 Å². The van der Waals surface area contributed by atoms with Crippen LogP contribution in [0.25, 0.3) is 43.3 Å². The van der Waals surface area contributed by atoms with Crippen molar-refractivity contribution in [1.82, 2.24) is 0 Å². The topological polar surface area (TPSA) is 13.1 Å². The van der Waals surface area contributed by atoms with Gasteiger partial charge >= 0.3 is 0 Å². The van der Waals surface area contributed by atoms with Gasteiger partial charge in [-0.15, -0.1) is 0 Å². The Kier molecular flexibility index (Phi) is 2.21. The van der Waals surface area contributed by atoms with Crippen LogP contribution in [0.1, 0.15) is 5.56 Å². The Labute approximate surface area is 127 Å². The molecule has 0 saturated carbocycles. The lowest BCUT2D eigenvalue weighted by atomic mass is 9.97. The average molecular weight is 282 g/mol. The molecule has 0 atom stereocenters.